The van der Waals surface area contributed by atoms with Crippen LogP contribution in [0, 0.1) is 6.92 Å². The van der Waals surface area contributed by atoms with E-state index in [2.05, 4.69) is 15.0 Å². The standard InChI is InChI=1S/C18H20N4O4S2/c1-11-10-27-17-19-9-14(16(24)22(11)17)15(23)20-12-6-5-7-13(8-12)28(25,26)21-18(2,3)4/h5-10,21H,1-4H3,(H,20,23). The topological polar surface area (TPSA) is 110 Å². The molecular weight excluding hydrogens is 400 g/mol. The Morgan fingerprint density at radius 3 is 2.64 bits per heavy atom. The molecule has 28 heavy (non-hydrogen) atoms. The number of hydrogen-bond acceptors (Lipinski definition) is 6. The monoisotopic (exact) mass is 420 g/mol. The molecule has 0 bridgehead atoms. The van der Waals surface area contributed by atoms with Gasteiger partial charge < -0.3 is 5.32 Å². The number of carbonyl (C=O) groups excluding carboxylic acids is 1. The third-order valence-electron chi connectivity index (χ3n) is 3.70. The molecule has 10 heteroatoms. The van der Waals surface area contributed by atoms with Crippen LogP contribution in [-0.2, 0) is 10.0 Å². The summed E-state index contributed by atoms with van der Waals surface area (Å²) in [6, 6.07) is 5.84. The molecule has 1 aromatic carbocycles. The Balaban J connectivity index is 1.91. The van der Waals surface area contributed by atoms with E-state index in [1.807, 2.05) is 0 Å². The summed E-state index contributed by atoms with van der Waals surface area (Å²) in [5, 5.41) is 4.35. The van der Waals surface area contributed by atoms with E-state index >= 15 is 0 Å². The van der Waals surface area contributed by atoms with Gasteiger partial charge in [-0.3, -0.25) is 14.0 Å². The SMILES string of the molecule is Cc1csc2ncc(C(=O)Nc3cccc(S(=O)(=O)NC(C)(C)C)c3)c(=O)n12. The molecule has 0 fully saturated rings. The second-order valence-corrected chi connectivity index (χ2v) is 9.83. The van der Waals surface area contributed by atoms with Crippen LogP contribution in [0.5, 0.6) is 0 Å². The maximum absolute atomic E-state index is 12.6. The first-order valence-electron chi connectivity index (χ1n) is 8.39. The Hall–Kier alpha value is -2.56. The number of amides is 1. The molecular formula is C18H20N4O4S2. The molecule has 8 nitrogen and oxygen atoms in total. The zero-order chi connectivity index (χ0) is 20.7. The van der Waals surface area contributed by atoms with E-state index in [4.69, 9.17) is 0 Å². The minimum Gasteiger partial charge on any atom is -0.322 e. The minimum atomic E-state index is -3.75. The summed E-state index contributed by atoms with van der Waals surface area (Å²) in [5.41, 5.74) is -0.298. The fourth-order valence-corrected chi connectivity index (χ4v) is 4.87. The van der Waals surface area contributed by atoms with Crippen LogP contribution in [0.2, 0.25) is 0 Å². The molecule has 0 radical (unpaired) electrons. The summed E-state index contributed by atoms with van der Waals surface area (Å²) >= 11 is 1.31. The third-order valence-corrected chi connectivity index (χ3v) is 6.42. The first-order chi connectivity index (χ1) is 13.0. The van der Waals surface area contributed by atoms with Gasteiger partial charge in [0.25, 0.3) is 11.5 Å². The van der Waals surface area contributed by atoms with Gasteiger partial charge in [-0.15, -0.1) is 11.3 Å². The average Bonchev–Trinajstić information content (AvgIpc) is 2.95. The Labute approximate surface area is 166 Å². The van der Waals surface area contributed by atoms with E-state index in [1.165, 1.54) is 40.1 Å². The predicted molar refractivity (Wildman–Crippen MR) is 109 cm³/mol. The van der Waals surface area contributed by atoms with Gasteiger partial charge in [0.15, 0.2) is 4.96 Å². The van der Waals surface area contributed by atoms with Crippen LogP contribution in [-0.4, -0.2) is 29.2 Å². The molecule has 3 rings (SSSR count). The van der Waals surface area contributed by atoms with Crippen LogP contribution in [0.3, 0.4) is 0 Å². The van der Waals surface area contributed by atoms with Crippen molar-refractivity contribution in [2.75, 3.05) is 5.32 Å². The van der Waals surface area contributed by atoms with Gasteiger partial charge in [0.2, 0.25) is 10.0 Å². The summed E-state index contributed by atoms with van der Waals surface area (Å²) in [4.78, 5) is 29.8. The summed E-state index contributed by atoms with van der Waals surface area (Å²) in [6.45, 7) is 6.96. The lowest BCUT2D eigenvalue weighted by atomic mass is 10.1. The van der Waals surface area contributed by atoms with Crippen LogP contribution in [0.1, 0.15) is 36.8 Å². The van der Waals surface area contributed by atoms with Gasteiger partial charge in [-0.1, -0.05) is 6.07 Å². The van der Waals surface area contributed by atoms with Crippen LogP contribution >= 0.6 is 11.3 Å². The molecule has 0 saturated carbocycles. The van der Waals surface area contributed by atoms with Gasteiger partial charge in [-0.25, -0.2) is 18.1 Å². The fraction of sp³-hybridized carbons (Fsp3) is 0.278. The summed E-state index contributed by atoms with van der Waals surface area (Å²) < 4.78 is 28.9. The van der Waals surface area contributed by atoms with E-state index in [-0.39, 0.29) is 16.1 Å². The highest BCUT2D eigenvalue weighted by atomic mass is 32.2. The maximum Gasteiger partial charge on any atom is 0.271 e. The molecule has 0 spiro atoms. The van der Waals surface area contributed by atoms with Crippen molar-refractivity contribution in [2.24, 2.45) is 0 Å². The fourth-order valence-electron chi connectivity index (χ4n) is 2.58. The van der Waals surface area contributed by atoms with E-state index in [1.54, 1.807) is 39.1 Å². The van der Waals surface area contributed by atoms with Gasteiger partial charge in [-0.05, 0) is 45.9 Å². The molecule has 0 aliphatic heterocycles. The quantitative estimate of drug-likeness (QED) is 0.673. The smallest absolute Gasteiger partial charge is 0.271 e. The number of aromatic nitrogens is 2. The normalized spacial score (nSPS) is 12.3. The average molecular weight is 421 g/mol. The van der Waals surface area contributed by atoms with Crippen molar-refractivity contribution in [1.82, 2.24) is 14.1 Å². The van der Waals surface area contributed by atoms with Gasteiger partial charge in [0.05, 0.1) is 4.90 Å². The number of rotatable bonds is 4. The van der Waals surface area contributed by atoms with Gasteiger partial charge in [0.1, 0.15) is 5.56 Å². The number of aryl methyl sites for hydroxylation is 1. The van der Waals surface area contributed by atoms with Gasteiger partial charge in [0, 0.05) is 28.5 Å². The van der Waals surface area contributed by atoms with E-state index in [9.17, 15) is 18.0 Å². The Kier molecular flexibility index (Phi) is 5.13. The first-order valence-corrected chi connectivity index (χ1v) is 10.8. The Morgan fingerprint density at radius 2 is 1.96 bits per heavy atom. The summed E-state index contributed by atoms with van der Waals surface area (Å²) in [5.74, 6) is -0.657. The molecule has 0 aliphatic rings. The van der Waals surface area contributed by atoms with Crippen molar-refractivity contribution in [2.45, 2.75) is 38.1 Å². The number of carbonyl (C=O) groups is 1. The van der Waals surface area contributed by atoms with E-state index in [0.717, 1.165) is 0 Å². The molecule has 2 N–H and O–H groups in total. The zero-order valence-electron chi connectivity index (χ0n) is 15.8. The number of fused-ring (bicyclic) bond motifs is 1. The van der Waals surface area contributed by atoms with Crippen molar-refractivity contribution in [3.05, 3.63) is 57.5 Å². The first kappa shape index (κ1) is 20.2. The lowest BCUT2D eigenvalue weighted by molar-refractivity contribution is 0.102. The van der Waals surface area contributed by atoms with Crippen molar-refractivity contribution < 1.29 is 13.2 Å². The summed E-state index contributed by atoms with van der Waals surface area (Å²) in [7, 11) is -3.75. The third kappa shape index (κ3) is 4.13. The van der Waals surface area contributed by atoms with Crippen molar-refractivity contribution in [3.8, 4) is 0 Å². The van der Waals surface area contributed by atoms with Crippen LogP contribution < -0.4 is 15.6 Å². The molecule has 0 saturated heterocycles. The zero-order valence-corrected chi connectivity index (χ0v) is 17.4. The van der Waals surface area contributed by atoms with Crippen molar-refractivity contribution in [1.29, 1.82) is 0 Å². The molecule has 0 aliphatic carbocycles. The number of benzene rings is 1. The molecule has 148 valence electrons. The van der Waals surface area contributed by atoms with Crippen molar-refractivity contribution in [3.63, 3.8) is 0 Å². The highest BCUT2D eigenvalue weighted by Gasteiger charge is 2.22. The molecule has 2 heterocycles. The van der Waals surface area contributed by atoms with E-state index < -0.39 is 27.0 Å². The van der Waals surface area contributed by atoms with E-state index in [0.29, 0.717) is 10.7 Å². The number of thiazole rings is 1. The second-order valence-electron chi connectivity index (χ2n) is 7.31. The minimum absolute atomic E-state index is 0.0132. The number of sulfonamides is 1. The molecule has 2 aromatic heterocycles. The number of nitrogens with zero attached hydrogens (tertiary/aromatic N) is 2. The lowest BCUT2D eigenvalue weighted by Gasteiger charge is -2.20. The number of nitrogens with one attached hydrogen (secondary N) is 2. The summed E-state index contributed by atoms with van der Waals surface area (Å²) in [6.07, 6.45) is 1.23. The Bertz CT molecular complexity index is 1220. The highest BCUT2D eigenvalue weighted by molar-refractivity contribution is 7.89. The molecule has 1 amide bonds. The van der Waals surface area contributed by atoms with Crippen LogP contribution in [0.25, 0.3) is 4.96 Å². The number of anilines is 1. The molecule has 0 atom stereocenters. The highest BCUT2D eigenvalue weighted by Crippen LogP contribution is 2.18. The lowest BCUT2D eigenvalue weighted by Crippen LogP contribution is -2.40. The van der Waals surface area contributed by atoms with Crippen molar-refractivity contribution >= 4 is 37.9 Å². The van der Waals surface area contributed by atoms with Gasteiger partial charge in [-0.2, -0.15) is 0 Å². The molecule has 0 unspecified atom stereocenters. The second kappa shape index (κ2) is 7.12. The largest absolute Gasteiger partial charge is 0.322 e. The van der Waals surface area contributed by atoms with Gasteiger partial charge >= 0.3 is 0 Å². The molecule has 3 aromatic rings. The predicted octanol–water partition coefficient (Wildman–Crippen LogP) is 2.39. The maximum atomic E-state index is 12.6. The van der Waals surface area contributed by atoms with Crippen LogP contribution in [0.4, 0.5) is 5.69 Å². The van der Waals surface area contributed by atoms with Crippen LogP contribution in [0.15, 0.2) is 45.5 Å². The Morgan fingerprint density at radius 1 is 1.25 bits per heavy atom. The number of hydrogen-bond donors (Lipinski definition) is 2.